The highest BCUT2D eigenvalue weighted by molar-refractivity contribution is 5.87. The van der Waals surface area contributed by atoms with E-state index in [2.05, 4.69) is 40.8 Å². The van der Waals surface area contributed by atoms with Crippen molar-refractivity contribution in [2.45, 2.75) is 52.2 Å². The van der Waals surface area contributed by atoms with Gasteiger partial charge in [-0.3, -0.25) is 0 Å². The van der Waals surface area contributed by atoms with Gasteiger partial charge in [0.15, 0.2) is 5.82 Å². The largest absolute Gasteiger partial charge is 0.457 e. The lowest BCUT2D eigenvalue weighted by Crippen LogP contribution is -2.67. The standard InChI is InChI=1S/C31H34N10O3/c1-18-10-19(6-9-25(18)43-21-7-8-24-22(11-21)38-39-40(24)5)35-27-26-23(33-17-34-27)14-32-28(37-26)41-15-31(16-41)12-20(13-31)36-29(42)44-30(2,3)4/h6-11,14,17,20H,12-13,15-16H2,1-5H3,(H,36,42)(H,33,34,35). The highest BCUT2D eigenvalue weighted by atomic mass is 16.6. The van der Waals surface area contributed by atoms with Crippen LogP contribution in [0.1, 0.15) is 39.2 Å². The lowest BCUT2D eigenvalue weighted by atomic mass is 9.61. The van der Waals surface area contributed by atoms with Crippen LogP contribution in [0, 0.1) is 12.3 Å². The monoisotopic (exact) mass is 594 g/mol. The van der Waals surface area contributed by atoms with Crippen molar-refractivity contribution in [1.29, 1.82) is 0 Å². The van der Waals surface area contributed by atoms with Gasteiger partial charge in [-0.25, -0.2) is 29.4 Å². The third-order valence-electron chi connectivity index (χ3n) is 8.03. The summed E-state index contributed by atoms with van der Waals surface area (Å²) in [5, 5.41) is 14.6. The molecule has 1 aliphatic carbocycles. The van der Waals surface area contributed by atoms with E-state index in [4.69, 9.17) is 14.5 Å². The van der Waals surface area contributed by atoms with E-state index in [1.54, 1.807) is 10.9 Å². The molecular formula is C31H34N10O3. The second kappa shape index (κ2) is 10.3. The molecule has 0 atom stereocenters. The molecule has 2 fully saturated rings. The Hall–Kier alpha value is -5.07. The summed E-state index contributed by atoms with van der Waals surface area (Å²) in [4.78, 5) is 32.6. The fourth-order valence-corrected chi connectivity index (χ4v) is 6.00. The number of rotatable bonds is 6. The quantitative estimate of drug-likeness (QED) is 0.273. The van der Waals surface area contributed by atoms with E-state index in [1.807, 2.05) is 71.1 Å². The first-order chi connectivity index (χ1) is 21.0. The second-order valence-corrected chi connectivity index (χ2v) is 12.8. The maximum Gasteiger partial charge on any atom is 0.407 e. The van der Waals surface area contributed by atoms with Crippen molar-refractivity contribution in [3.63, 3.8) is 0 Å². The molecule has 44 heavy (non-hydrogen) atoms. The number of nitrogens with one attached hydrogen (secondary N) is 2. The number of hydrogen-bond acceptors (Lipinski definition) is 11. The summed E-state index contributed by atoms with van der Waals surface area (Å²) in [6.07, 6.45) is 4.72. The van der Waals surface area contributed by atoms with Gasteiger partial charge >= 0.3 is 6.09 Å². The van der Waals surface area contributed by atoms with Gasteiger partial charge in [0.25, 0.3) is 0 Å². The Bertz CT molecular complexity index is 1890. The normalized spacial score (nSPS) is 16.1. The number of carbonyl (C=O) groups excluding carboxylic acids is 1. The Labute approximate surface area is 254 Å². The van der Waals surface area contributed by atoms with Gasteiger partial charge in [0, 0.05) is 43.3 Å². The summed E-state index contributed by atoms with van der Waals surface area (Å²) >= 11 is 0. The predicted molar refractivity (Wildman–Crippen MR) is 165 cm³/mol. The van der Waals surface area contributed by atoms with E-state index in [0.717, 1.165) is 54.0 Å². The van der Waals surface area contributed by atoms with Crippen molar-refractivity contribution in [2.24, 2.45) is 12.5 Å². The number of benzene rings is 2. The number of aromatic nitrogens is 7. The SMILES string of the molecule is Cc1cc(Nc2ncnc3cnc(N4CC5(CC(NC(=O)OC(C)(C)C)C5)C4)nc23)ccc1Oc1ccc2c(c1)nnn2C. The van der Waals surface area contributed by atoms with Crippen molar-refractivity contribution in [2.75, 3.05) is 23.3 Å². The molecule has 3 aromatic heterocycles. The molecule has 2 N–H and O–H groups in total. The van der Waals surface area contributed by atoms with Crippen LogP contribution in [0.4, 0.5) is 22.2 Å². The summed E-state index contributed by atoms with van der Waals surface area (Å²) in [5.41, 5.74) is 4.49. The van der Waals surface area contributed by atoms with Crippen LogP contribution in [0.2, 0.25) is 0 Å². The zero-order valence-electron chi connectivity index (χ0n) is 25.3. The van der Waals surface area contributed by atoms with Crippen LogP contribution in [0.25, 0.3) is 22.1 Å². The first-order valence-electron chi connectivity index (χ1n) is 14.6. The number of carbonyl (C=O) groups is 1. The van der Waals surface area contributed by atoms with Crippen molar-refractivity contribution in [3.05, 3.63) is 54.5 Å². The average Bonchev–Trinajstić information content (AvgIpc) is 3.29. The molecule has 1 aliphatic heterocycles. The highest BCUT2D eigenvalue weighted by Gasteiger charge is 2.53. The van der Waals surface area contributed by atoms with Crippen LogP contribution in [-0.4, -0.2) is 65.8 Å². The zero-order valence-corrected chi connectivity index (χ0v) is 25.3. The minimum atomic E-state index is -0.505. The van der Waals surface area contributed by atoms with Crippen LogP contribution in [0.15, 0.2) is 48.9 Å². The number of ether oxygens (including phenoxy) is 2. The maximum atomic E-state index is 12.1. The number of alkyl carbamates (subject to hydrolysis) is 1. The van der Waals surface area contributed by atoms with Crippen LogP contribution >= 0.6 is 0 Å². The Morgan fingerprint density at radius 1 is 1.05 bits per heavy atom. The molecule has 0 radical (unpaired) electrons. The summed E-state index contributed by atoms with van der Waals surface area (Å²) in [6.45, 7) is 9.27. The van der Waals surface area contributed by atoms with Gasteiger partial charge in [0.1, 0.15) is 40.0 Å². The number of anilines is 3. The Kier molecular flexibility index (Phi) is 6.48. The van der Waals surface area contributed by atoms with Crippen molar-refractivity contribution >= 4 is 45.6 Å². The van der Waals surface area contributed by atoms with Gasteiger partial charge in [-0.2, -0.15) is 0 Å². The van der Waals surface area contributed by atoms with Crippen LogP contribution < -0.4 is 20.3 Å². The van der Waals surface area contributed by atoms with Gasteiger partial charge in [-0.05, 0) is 76.4 Å². The zero-order chi connectivity index (χ0) is 30.6. The van der Waals surface area contributed by atoms with Crippen molar-refractivity contribution in [1.82, 2.24) is 40.2 Å². The third-order valence-corrected chi connectivity index (χ3v) is 8.03. The smallest absolute Gasteiger partial charge is 0.407 e. The molecule has 1 amide bonds. The molecule has 2 aromatic carbocycles. The van der Waals surface area contributed by atoms with Gasteiger partial charge in [0.05, 0.1) is 11.7 Å². The fraction of sp³-hybridized carbons (Fsp3) is 0.387. The van der Waals surface area contributed by atoms with Crippen molar-refractivity contribution < 1.29 is 14.3 Å². The molecule has 226 valence electrons. The van der Waals surface area contributed by atoms with E-state index in [0.29, 0.717) is 28.5 Å². The Morgan fingerprint density at radius 3 is 2.64 bits per heavy atom. The fourth-order valence-electron chi connectivity index (χ4n) is 6.00. The average molecular weight is 595 g/mol. The molecular weight excluding hydrogens is 560 g/mol. The molecule has 1 spiro atoms. The second-order valence-electron chi connectivity index (χ2n) is 12.8. The Morgan fingerprint density at radius 2 is 1.86 bits per heavy atom. The predicted octanol–water partition coefficient (Wildman–Crippen LogP) is 5.04. The van der Waals surface area contributed by atoms with E-state index >= 15 is 0 Å². The van der Waals surface area contributed by atoms with Gasteiger partial charge in [0.2, 0.25) is 5.95 Å². The third kappa shape index (κ3) is 5.40. The highest BCUT2D eigenvalue weighted by Crippen LogP contribution is 2.49. The van der Waals surface area contributed by atoms with E-state index in [9.17, 15) is 4.79 Å². The molecule has 1 saturated heterocycles. The summed E-state index contributed by atoms with van der Waals surface area (Å²) in [6, 6.07) is 11.7. The number of amides is 1. The van der Waals surface area contributed by atoms with E-state index in [-0.39, 0.29) is 17.6 Å². The molecule has 5 aromatic rings. The van der Waals surface area contributed by atoms with E-state index in [1.165, 1.54) is 6.33 Å². The molecule has 13 heteroatoms. The minimum absolute atomic E-state index is 0.135. The molecule has 0 unspecified atom stereocenters. The van der Waals surface area contributed by atoms with Gasteiger partial charge < -0.3 is 25.0 Å². The molecule has 13 nitrogen and oxygen atoms in total. The summed E-state index contributed by atoms with van der Waals surface area (Å²) < 4.78 is 13.3. The molecule has 4 heterocycles. The lowest BCUT2D eigenvalue weighted by Gasteiger charge is -2.58. The van der Waals surface area contributed by atoms with Crippen LogP contribution in [0.5, 0.6) is 11.5 Å². The molecule has 0 bridgehead atoms. The number of fused-ring (bicyclic) bond motifs is 2. The number of hydrogen-bond donors (Lipinski definition) is 2. The maximum absolute atomic E-state index is 12.1. The first kappa shape index (κ1) is 27.7. The van der Waals surface area contributed by atoms with Crippen LogP contribution in [0.3, 0.4) is 0 Å². The Balaban J connectivity index is 1.01. The topological polar surface area (TPSA) is 145 Å². The first-order valence-corrected chi connectivity index (χ1v) is 14.6. The number of aryl methyl sites for hydroxylation is 2. The van der Waals surface area contributed by atoms with Crippen molar-refractivity contribution in [3.8, 4) is 11.5 Å². The lowest BCUT2D eigenvalue weighted by molar-refractivity contribution is 0.0211. The summed E-state index contributed by atoms with van der Waals surface area (Å²) in [7, 11) is 1.86. The number of nitrogens with zero attached hydrogens (tertiary/aromatic N) is 8. The van der Waals surface area contributed by atoms with Crippen LogP contribution in [-0.2, 0) is 11.8 Å². The van der Waals surface area contributed by atoms with Gasteiger partial charge in [-0.1, -0.05) is 5.21 Å². The van der Waals surface area contributed by atoms with E-state index < -0.39 is 5.60 Å². The summed E-state index contributed by atoms with van der Waals surface area (Å²) in [5.74, 6) is 2.67. The molecule has 7 rings (SSSR count). The van der Waals surface area contributed by atoms with Gasteiger partial charge in [-0.15, -0.1) is 5.10 Å². The molecule has 2 aliphatic rings. The molecule has 1 saturated carbocycles. The minimum Gasteiger partial charge on any atom is -0.457 e.